The van der Waals surface area contributed by atoms with Gasteiger partial charge in [-0.15, -0.1) is 11.7 Å². The first-order valence-electron chi connectivity index (χ1n) is 2.84. The first-order chi connectivity index (χ1) is 4.22. The number of hydrogen-bond donors (Lipinski definition) is 1. The Balaban J connectivity index is 4.16. The lowest BCUT2D eigenvalue weighted by Gasteiger charge is -1.96. The second-order valence-corrected chi connectivity index (χ2v) is 3.13. The third kappa shape index (κ3) is 3.71. The van der Waals surface area contributed by atoms with Crippen LogP contribution in [0.2, 0.25) is 0 Å². The van der Waals surface area contributed by atoms with Crippen molar-refractivity contribution in [2.24, 2.45) is 0 Å². The molecular weight excluding hydrogens is 148 g/mol. The zero-order valence-electron chi connectivity index (χ0n) is 6.01. The fraction of sp³-hybridized carbons (Fsp3) is 0.429. The summed E-state index contributed by atoms with van der Waals surface area (Å²) in [5, 5.41) is 0. The Morgan fingerprint density at radius 3 is 2.11 bits per heavy atom. The van der Waals surface area contributed by atoms with Crippen molar-refractivity contribution in [2.75, 3.05) is 0 Å². The average Bonchev–Trinajstić information content (AvgIpc) is 1.82. The van der Waals surface area contributed by atoms with Crippen molar-refractivity contribution in [1.82, 2.24) is 0 Å². The van der Waals surface area contributed by atoms with Gasteiger partial charge in [-0.25, -0.2) is 0 Å². The summed E-state index contributed by atoms with van der Waals surface area (Å²) < 4.78 is 0. The topological polar surface area (TPSA) is 0 Å². The van der Waals surface area contributed by atoms with Crippen LogP contribution < -0.4 is 0 Å². The summed E-state index contributed by atoms with van der Waals surface area (Å²) in [6.45, 7) is 6.17. The van der Waals surface area contributed by atoms with Crippen molar-refractivity contribution in [3.8, 4) is 0 Å². The fourth-order valence-electron chi connectivity index (χ4n) is 0.440. The van der Waals surface area contributed by atoms with Gasteiger partial charge < -0.3 is 0 Å². The van der Waals surface area contributed by atoms with Gasteiger partial charge in [0, 0.05) is 4.91 Å². The normalized spacial score (nSPS) is 10.2. The molecule has 0 amide bonds. The summed E-state index contributed by atoms with van der Waals surface area (Å²) in [7, 11) is 1.49. The molecule has 0 aliphatic carbocycles. The first-order valence-corrected chi connectivity index (χ1v) is 4.70. The molecule has 0 bridgehead atoms. The summed E-state index contributed by atoms with van der Waals surface area (Å²) in [5.41, 5.74) is 1.31. The van der Waals surface area contributed by atoms with Crippen LogP contribution >= 0.6 is 22.5 Å². The second kappa shape index (κ2) is 5.00. The smallest absolute Gasteiger partial charge is 0.0163 e. The zero-order chi connectivity index (χ0) is 7.28. The van der Waals surface area contributed by atoms with Gasteiger partial charge in [-0.1, -0.05) is 28.5 Å². The maximum atomic E-state index is 4.10. The monoisotopic (exact) mass is 160 g/mol. The Bertz CT molecular complexity index is 130. The van der Waals surface area contributed by atoms with Gasteiger partial charge in [-0.05, 0) is 20.8 Å². The van der Waals surface area contributed by atoms with Crippen LogP contribution in [0.3, 0.4) is 0 Å². The molecule has 2 heteroatoms. The van der Waals surface area contributed by atoms with E-state index in [1.54, 1.807) is 0 Å². The molecule has 0 aliphatic heterocycles. The average molecular weight is 160 g/mol. The molecule has 0 aliphatic rings. The van der Waals surface area contributed by atoms with E-state index in [2.05, 4.69) is 31.6 Å². The van der Waals surface area contributed by atoms with Gasteiger partial charge in [-0.2, -0.15) is 0 Å². The van der Waals surface area contributed by atoms with E-state index < -0.39 is 0 Å². The molecule has 0 N–H and O–H groups in total. The molecule has 0 radical (unpaired) electrons. The molecule has 0 unspecified atom stereocenters. The highest BCUT2D eigenvalue weighted by Crippen LogP contribution is 2.23. The molecule has 0 heterocycles. The summed E-state index contributed by atoms with van der Waals surface area (Å²) in [6, 6.07) is 0. The Kier molecular flexibility index (Phi) is 5.10. The van der Waals surface area contributed by atoms with E-state index in [-0.39, 0.29) is 0 Å². The molecule has 0 atom stereocenters. The third-order valence-electron chi connectivity index (χ3n) is 0.909. The third-order valence-corrected chi connectivity index (χ3v) is 2.24. The van der Waals surface area contributed by atoms with Crippen LogP contribution in [0.5, 0.6) is 0 Å². The van der Waals surface area contributed by atoms with Crippen LogP contribution in [-0.2, 0) is 0 Å². The minimum absolute atomic E-state index is 1.24. The van der Waals surface area contributed by atoms with E-state index in [9.17, 15) is 0 Å². The molecule has 0 aromatic rings. The lowest BCUT2D eigenvalue weighted by molar-refractivity contribution is 1.38. The standard InChI is InChI=1S/C7H12S2/c1-4-5-7(9-8)6(2)3/h4-5,8H,1-3H3. The quantitative estimate of drug-likeness (QED) is 0.367. The number of thiol groups is 1. The Morgan fingerprint density at radius 2 is 2.00 bits per heavy atom. The van der Waals surface area contributed by atoms with Gasteiger partial charge in [0.25, 0.3) is 0 Å². The molecule has 0 nitrogen and oxygen atoms in total. The Labute approximate surface area is 66.2 Å². The summed E-state index contributed by atoms with van der Waals surface area (Å²) in [6.07, 6.45) is 4.08. The van der Waals surface area contributed by atoms with E-state index >= 15 is 0 Å². The van der Waals surface area contributed by atoms with E-state index in [1.165, 1.54) is 21.3 Å². The summed E-state index contributed by atoms with van der Waals surface area (Å²) in [5.74, 6) is 0. The van der Waals surface area contributed by atoms with Crippen molar-refractivity contribution < 1.29 is 0 Å². The van der Waals surface area contributed by atoms with Gasteiger partial charge in [0.1, 0.15) is 0 Å². The fourth-order valence-corrected chi connectivity index (χ4v) is 1.55. The van der Waals surface area contributed by atoms with Gasteiger partial charge in [0.2, 0.25) is 0 Å². The molecule has 0 aromatic heterocycles. The van der Waals surface area contributed by atoms with Crippen molar-refractivity contribution in [3.05, 3.63) is 22.6 Å². The maximum absolute atomic E-state index is 4.10. The van der Waals surface area contributed by atoms with Crippen LogP contribution in [-0.4, -0.2) is 0 Å². The lowest BCUT2D eigenvalue weighted by Crippen LogP contribution is -1.70. The van der Waals surface area contributed by atoms with Gasteiger partial charge in [-0.3, -0.25) is 0 Å². The minimum Gasteiger partial charge on any atom is -0.106 e. The molecule has 0 rings (SSSR count). The molecule has 0 aromatic carbocycles. The van der Waals surface area contributed by atoms with Crippen molar-refractivity contribution >= 4 is 22.5 Å². The van der Waals surface area contributed by atoms with Crippen molar-refractivity contribution in [2.45, 2.75) is 20.8 Å². The molecule has 0 saturated heterocycles. The van der Waals surface area contributed by atoms with E-state index in [4.69, 9.17) is 0 Å². The summed E-state index contributed by atoms with van der Waals surface area (Å²) >= 11 is 4.10. The highest BCUT2D eigenvalue weighted by Gasteiger charge is 1.89. The number of allylic oxidation sites excluding steroid dienone is 3. The largest absolute Gasteiger partial charge is 0.106 e. The van der Waals surface area contributed by atoms with E-state index in [1.807, 2.05) is 13.0 Å². The maximum Gasteiger partial charge on any atom is 0.0163 e. The van der Waals surface area contributed by atoms with E-state index in [0.717, 1.165) is 0 Å². The van der Waals surface area contributed by atoms with Crippen LogP contribution in [0.25, 0.3) is 0 Å². The lowest BCUT2D eigenvalue weighted by atomic mass is 10.3. The van der Waals surface area contributed by atoms with Crippen molar-refractivity contribution in [1.29, 1.82) is 0 Å². The van der Waals surface area contributed by atoms with Gasteiger partial charge in [0.15, 0.2) is 0 Å². The predicted molar refractivity (Wildman–Crippen MR) is 49.8 cm³/mol. The van der Waals surface area contributed by atoms with Gasteiger partial charge in [0.05, 0.1) is 0 Å². The number of hydrogen-bond acceptors (Lipinski definition) is 2. The zero-order valence-corrected chi connectivity index (χ0v) is 7.72. The van der Waals surface area contributed by atoms with Gasteiger partial charge >= 0.3 is 0 Å². The van der Waals surface area contributed by atoms with Crippen LogP contribution in [0.1, 0.15) is 20.8 Å². The Hall–Kier alpha value is 0.180. The molecule has 52 valence electrons. The van der Waals surface area contributed by atoms with Crippen LogP contribution in [0.15, 0.2) is 22.6 Å². The SMILES string of the molecule is CC=CC(SS)=C(C)C. The molecule has 0 saturated carbocycles. The number of rotatable bonds is 2. The Morgan fingerprint density at radius 1 is 1.44 bits per heavy atom. The highest BCUT2D eigenvalue weighted by atomic mass is 33.1. The molecule has 0 fully saturated rings. The highest BCUT2D eigenvalue weighted by molar-refractivity contribution is 8.70. The van der Waals surface area contributed by atoms with Crippen LogP contribution in [0.4, 0.5) is 0 Å². The predicted octanol–water partition coefficient (Wildman–Crippen LogP) is 3.43. The second-order valence-electron chi connectivity index (χ2n) is 1.96. The van der Waals surface area contributed by atoms with E-state index in [0.29, 0.717) is 0 Å². The first kappa shape index (κ1) is 9.18. The molecule has 0 spiro atoms. The minimum atomic E-state index is 1.24. The van der Waals surface area contributed by atoms with Crippen molar-refractivity contribution in [3.63, 3.8) is 0 Å². The molecule has 9 heavy (non-hydrogen) atoms. The summed E-state index contributed by atoms with van der Waals surface area (Å²) in [4.78, 5) is 1.24. The van der Waals surface area contributed by atoms with Crippen LogP contribution in [0, 0.1) is 0 Å². The molecular formula is C7H12S2.